The molecule has 0 unspecified atom stereocenters. The molecule has 0 aliphatic rings. The summed E-state index contributed by atoms with van der Waals surface area (Å²) in [5, 5.41) is 3.94. The van der Waals surface area contributed by atoms with E-state index in [-0.39, 0.29) is 12.0 Å². The molecule has 2 rings (SSSR count). The lowest BCUT2D eigenvalue weighted by Crippen LogP contribution is -2.10. The molecule has 0 fully saturated rings. The van der Waals surface area contributed by atoms with Crippen molar-refractivity contribution in [3.8, 4) is 5.75 Å². The van der Waals surface area contributed by atoms with Crippen LogP contribution in [0.2, 0.25) is 0 Å². The first-order chi connectivity index (χ1) is 8.92. The van der Waals surface area contributed by atoms with Gasteiger partial charge in [-0.2, -0.15) is 4.98 Å². The lowest BCUT2D eigenvalue weighted by molar-refractivity contribution is 0.242. The van der Waals surface area contributed by atoms with Crippen LogP contribution < -0.4 is 10.5 Å². The first-order valence-electron chi connectivity index (χ1n) is 6.22. The van der Waals surface area contributed by atoms with Crippen LogP contribution in [0.25, 0.3) is 0 Å². The number of hydrogen-bond donors (Lipinski definition) is 1. The molecule has 2 N–H and O–H groups in total. The number of rotatable bonds is 4. The van der Waals surface area contributed by atoms with Gasteiger partial charge in [-0.3, -0.25) is 0 Å². The van der Waals surface area contributed by atoms with Crippen molar-refractivity contribution in [3.63, 3.8) is 0 Å². The summed E-state index contributed by atoms with van der Waals surface area (Å²) in [6.07, 6.45) is 0.773. The quantitative estimate of drug-likeness (QED) is 0.856. The molecule has 0 saturated carbocycles. The van der Waals surface area contributed by atoms with Crippen molar-refractivity contribution >= 4 is 5.69 Å². The van der Waals surface area contributed by atoms with E-state index in [1.807, 2.05) is 12.1 Å². The molecule has 0 aliphatic carbocycles. The third-order valence-electron chi connectivity index (χ3n) is 2.42. The van der Waals surface area contributed by atoms with Crippen LogP contribution in [0.4, 0.5) is 5.69 Å². The molecule has 19 heavy (non-hydrogen) atoms. The Morgan fingerprint density at radius 1 is 1.32 bits per heavy atom. The van der Waals surface area contributed by atoms with Gasteiger partial charge >= 0.3 is 0 Å². The normalized spacial score (nSPS) is 11.5. The number of aromatic nitrogens is 2. The van der Waals surface area contributed by atoms with E-state index in [0.717, 1.165) is 6.42 Å². The summed E-state index contributed by atoms with van der Waals surface area (Å²) in [5.41, 5.74) is 6.47. The van der Waals surface area contributed by atoms with Crippen molar-refractivity contribution in [3.05, 3.63) is 36.0 Å². The summed E-state index contributed by atoms with van der Waals surface area (Å²) in [4.78, 5) is 4.30. The minimum Gasteiger partial charge on any atom is -0.484 e. The molecular formula is C14H19N3O2. The molecule has 0 saturated heterocycles. The maximum absolute atomic E-state index is 5.67. The first-order valence-corrected chi connectivity index (χ1v) is 6.22. The molecule has 0 atom stereocenters. The molecular weight excluding hydrogens is 242 g/mol. The van der Waals surface area contributed by atoms with Crippen LogP contribution in [-0.2, 0) is 13.0 Å². The molecule has 0 amide bonds. The zero-order chi connectivity index (χ0) is 13.9. The first kappa shape index (κ1) is 13.4. The van der Waals surface area contributed by atoms with E-state index in [1.165, 1.54) is 0 Å². The maximum atomic E-state index is 5.67. The van der Waals surface area contributed by atoms with Gasteiger partial charge in [0.25, 0.3) is 5.89 Å². The van der Waals surface area contributed by atoms with Crippen molar-refractivity contribution in [2.75, 3.05) is 5.73 Å². The fourth-order valence-corrected chi connectivity index (χ4v) is 1.64. The van der Waals surface area contributed by atoms with E-state index in [4.69, 9.17) is 15.0 Å². The summed E-state index contributed by atoms with van der Waals surface area (Å²) in [7, 11) is 0. The predicted molar refractivity (Wildman–Crippen MR) is 72.6 cm³/mol. The Balaban J connectivity index is 1.93. The van der Waals surface area contributed by atoms with E-state index in [1.54, 1.807) is 12.1 Å². The number of benzene rings is 1. The third kappa shape index (κ3) is 4.28. The van der Waals surface area contributed by atoms with Gasteiger partial charge in [0.15, 0.2) is 12.4 Å². The topological polar surface area (TPSA) is 74.2 Å². The second-order valence-corrected chi connectivity index (χ2v) is 5.70. The van der Waals surface area contributed by atoms with Crippen molar-refractivity contribution < 1.29 is 9.26 Å². The summed E-state index contributed by atoms with van der Waals surface area (Å²) in [5.74, 6) is 1.87. The van der Waals surface area contributed by atoms with Gasteiger partial charge in [-0.1, -0.05) is 32.0 Å². The SMILES string of the molecule is CC(C)(C)Cc1noc(COc2cccc(N)c2)n1. The smallest absolute Gasteiger partial charge is 0.264 e. The average molecular weight is 261 g/mol. The van der Waals surface area contributed by atoms with Crippen LogP contribution >= 0.6 is 0 Å². The average Bonchev–Trinajstić information content (AvgIpc) is 2.72. The highest BCUT2D eigenvalue weighted by Crippen LogP contribution is 2.19. The molecule has 5 heteroatoms. The molecule has 5 nitrogen and oxygen atoms in total. The second kappa shape index (κ2) is 5.30. The van der Waals surface area contributed by atoms with Gasteiger partial charge in [0.1, 0.15) is 5.75 Å². The minimum atomic E-state index is 0.135. The van der Waals surface area contributed by atoms with E-state index < -0.39 is 0 Å². The number of anilines is 1. The standard InChI is InChI=1S/C14H19N3O2/c1-14(2,3)8-12-16-13(19-17-12)9-18-11-6-4-5-10(15)7-11/h4-7H,8-9,15H2,1-3H3. The second-order valence-electron chi connectivity index (χ2n) is 5.70. The Morgan fingerprint density at radius 2 is 2.11 bits per heavy atom. The minimum absolute atomic E-state index is 0.135. The maximum Gasteiger partial charge on any atom is 0.264 e. The van der Waals surface area contributed by atoms with E-state index in [0.29, 0.717) is 23.2 Å². The van der Waals surface area contributed by atoms with Crippen LogP contribution in [-0.4, -0.2) is 10.1 Å². The third-order valence-corrected chi connectivity index (χ3v) is 2.42. The lowest BCUT2D eigenvalue weighted by Gasteiger charge is -2.14. The van der Waals surface area contributed by atoms with Gasteiger partial charge in [0, 0.05) is 18.2 Å². The highest BCUT2D eigenvalue weighted by molar-refractivity contribution is 5.43. The van der Waals surface area contributed by atoms with Crippen molar-refractivity contribution in [1.29, 1.82) is 0 Å². The Kier molecular flexibility index (Phi) is 3.74. The predicted octanol–water partition coefficient (Wildman–Crippen LogP) is 2.82. The van der Waals surface area contributed by atoms with E-state index in [2.05, 4.69) is 30.9 Å². The van der Waals surface area contributed by atoms with Gasteiger partial charge in [0.05, 0.1) is 0 Å². The fraction of sp³-hybridized carbons (Fsp3) is 0.429. The largest absolute Gasteiger partial charge is 0.484 e. The Bertz CT molecular complexity index is 544. The van der Waals surface area contributed by atoms with Crippen LogP contribution in [0.1, 0.15) is 32.5 Å². The zero-order valence-electron chi connectivity index (χ0n) is 11.5. The summed E-state index contributed by atoms with van der Waals surface area (Å²) in [6, 6.07) is 7.24. The Morgan fingerprint density at radius 3 is 2.79 bits per heavy atom. The number of ether oxygens (including phenoxy) is 1. The van der Waals surface area contributed by atoms with Crippen molar-refractivity contribution in [1.82, 2.24) is 10.1 Å². The number of nitrogens with zero attached hydrogens (tertiary/aromatic N) is 2. The monoisotopic (exact) mass is 261 g/mol. The zero-order valence-corrected chi connectivity index (χ0v) is 11.5. The van der Waals surface area contributed by atoms with Crippen molar-refractivity contribution in [2.24, 2.45) is 5.41 Å². The highest BCUT2D eigenvalue weighted by Gasteiger charge is 2.16. The highest BCUT2D eigenvalue weighted by atomic mass is 16.5. The van der Waals surface area contributed by atoms with Crippen molar-refractivity contribution in [2.45, 2.75) is 33.8 Å². The molecule has 1 aromatic heterocycles. The molecule has 1 aromatic carbocycles. The number of hydrogen-bond acceptors (Lipinski definition) is 5. The fourth-order valence-electron chi connectivity index (χ4n) is 1.64. The van der Waals surface area contributed by atoms with Crippen LogP contribution in [0.15, 0.2) is 28.8 Å². The lowest BCUT2D eigenvalue weighted by atomic mass is 9.92. The van der Waals surface area contributed by atoms with Crippen LogP contribution in [0.5, 0.6) is 5.75 Å². The molecule has 0 radical (unpaired) electrons. The molecule has 2 aromatic rings. The van der Waals surface area contributed by atoms with Gasteiger partial charge in [-0.15, -0.1) is 0 Å². The molecule has 1 heterocycles. The Labute approximate surface area is 112 Å². The molecule has 0 spiro atoms. The Hall–Kier alpha value is -2.04. The van der Waals surface area contributed by atoms with Gasteiger partial charge in [-0.05, 0) is 17.5 Å². The molecule has 0 bridgehead atoms. The summed E-state index contributed by atoms with van der Waals surface area (Å²) >= 11 is 0. The van der Waals surface area contributed by atoms with Crippen LogP contribution in [0, 0.1) is 5.41 Å². The van der Waals surface area contributed by atoms with E-state index >= 15 is 0 Å². The number of nitrogens with two attached hydrogens (primary N) is 1. The van der Waals surface area contributed by atoms with E-state index in [9.17, 15) is 0 Å². The molecule has 0 aliphatic heterocycles. The number of nitrogen functional groups attached to an aromatic ring is 1. The van der Waals surface area contributed by atoms with Crippen LogP contribution in [0.3, 0.4) is 0 Å². The summed E-state index contributed by atoms with van der Waals surface area (Å²) in [6.45, 7) is 6.64. The van der Waals surface area contributed by atoms with Gasteiger partial charge in [-0.25, -0.2) is 0 Å². The molecule has 102 valence electrons. The van der Waals surface area contributed by atoms with Gasteiger partial charge in [0.2, 0.25) is 0 Å². The summed E-state index contributed by atoms with van der Waals surface area (Å²) < 4.78 is 10.7. The van der Waals surface area contributed by atoms with Gasteiger partial charge < -0.3 is 15.0 Å².